The van der Waals surface area contributed by atoms with Crippen LogP contribution in [0.1, 0.15) is 17.2 Å². The molecule has 0 saturated carbocycles. The lowest BCUT2D eigenvalue weighted by Gasteiger charge is -2.15. The molecule has 2 nitrogen and oxygen atoms in total. The number of nitrogens with zero attached hydrogens (tertiary/aromatic N) is 1. The predicted molar refractivity (Wildman–Crippen MR) is 84.9 cm³/mol. The molecular formula is C16H10BrClFNO. The second-order valence-electron chi connectivity index (χ2n) is 4.59. The summed E-state index contributed by atoms with van der Waals surface area (Å²) in [5.74, 6) is -0.633. The fourth-order valence-electron chi connectivity index (χ4n) is 2.27. The molecule has 0 saturated heterocycles. The van der Waals surface area contributed by atoms with E-state index in [0.29, 0.717) is 15.6 Å². The van der Waals surface area contributed by atoms with Gasteiger partial charge in [0.1, 0.15) is 11.9 Å². The van der Waals surface area contributed by atoms with Crippen molar-refractivity contribution in [1.82, 2.24) is 4.98 Å². The maximum atomic E-state index is 14.3. The summed E-state index contributed by atoms with van der Waals surface area (Å²) in [4.78, 5) is 4.27. The SMILES string of the molecule is OC(c1ccc(Br)c(Cl)c1F)c1cccc2cccnc12. The molecular weight excluding hydrogens is 357 g/mol. The van der Waals surface area contributed by atoms with Crippen molar-refractivity contribution in [2.75, 3.05) is 0 Å². The van der Waals surface area contributed by atoms with E-state index in [1.54, 1.807) is 24.4 Å². The van der Waals surface area contributed by atoms with Gasteiger partial charge >= 0.3 is 0 Å². The van der Waals surface area contributed by atoms with Crippen molar-refractivity contribution in [2.45, 2.75) is 6.10 Å². The van der Waals surface area contributed by atoms with Gasteiger partial charge in [0.15, 0.2) is 0 Å². The molecule has 1 heterocycles. The Bertz CT molecular complexity index is 819. The van der Waals surface area contributed by atoms with Crippen LogP contribution in [-0.2, 0) is 0 Å². The molecule has 1 aromatic heterocycles. The summed E-state index contributed by atoms with van der Waals surface area (Å²) in [6, 6.07) is 12.3. The summed E-state index contributed by atoms with van der Waals surface area (Å²) < 4.78 is 14.7. The average Bonchev–Trinajstić information content (AvgIpc) is 2.51. The molecule has 0 amide bonds. The highest BCUT2D eigenvalue weighted by atomic mass is 79.9. The van der Waals surface area contributed by atoms with Gasteiger partial charge in [-0.1, -0.05) is 41.9 Å². The molecule has 1 atom stereocenters. The predicted octanol–water partition coefficient (Wildman–Crippen LogP) is 4.87. The van der Waals surface area contributed by atoms with Gasteiger partial charge in [0.25, 0.3) is 0 Å². The van der Waals surface area contributed by atoms with E-state index in [0.717, 1.165) is 5.39 Å². The molecule has 5 heteroatoms. The molecule has 2 aromatic carbocycles. The van der Waals surface area contributed by atoms with E-state index in [1.165, 1.54) is 6.07 Å². The molecule has 0 radical (unpaired) electrons. The first kappa shape index (κ1) is 14.4. The number of para-hydroxylation sites is 1. The Morgan fingerprint density at radius 1 is 1.10 bits per heavy atom. The third-order valence-electron chi connectivity index (χ3n) is 3.32. The number of hydrogen-bond acceptors (Lipinski definition) is 2. The zero-order valence-corrected chi connectivity index (χ0v) is 13.1. The van der Waals surface area contributed by atoms with Gasteiger partial charge in [-0.3, -0.25) is 4.98 Å². The second-order valence-corrected chi connectivity index (χ2v) is 5.82. The summed E-state index contributed by atoms with van der Waals surface area (Å²) in [7, 11) is 0. The van der Waals surface area contributed by atoms with Gasteiger partial charge in [-0.05, 0) is 28.1 Å². The van der Waals surface area contributed by atoms with E-state index in [1.807, 2.05) is 18.2 Å². The van der Waals surface area contributed by atoms with Crippen LogP contribution in [0.4, 0.5) is 4.39 Å². The molecule has 1 unspecified atom stereocenters. The van der Waals surface area contributed by atoms with Crippen LogP contribution in [0.2, 0.25) is 5.02 Å². The van der Waals surface area contributed by atoms with E-state index in [-0.39, 0.29) is 10.6 Å². The number of aliphatic hydroxyl groups excluding tert-OH is 1. The standard InChI is InChI=1S/C16H10BrClFNO/c17-12-7-6-10(14(19)13(12)18)16(21)11-5-1-3-9-4-2-8-20-15(9)11/h1-8,16,21H. The van der Waals surface area contributed by atoms with Crippen LogP contribution in [0.15, 0.2) is 53.1 Å². The van der Waals surface area contributed by atoms with Crippen LogP contribution in [0.5, 0.6) is 0 Å². The number of rotatable bonds is 2. The smallest absolute Gasteiger partial charge is 0.149 e. The van der Waals surface area contributed by atoms with E-state index in [9.17, 15) is 9.50 Å². The first-order valence-electron chi connectivity index (χ1n) is 6.24. The van der Waals surface area contributed by atoms with Gasteiger partial charge < -0.3 is 5.11 Å². The molecule has 0 fully saturated rings. The summed E-state index contributed by atoms with van der Waals surface area (Å²) in [6.07, 6.45) is 0.512. The molecule has 3 rings (SSSR count). The lowest BCUT2D eigenvalue weighted by molar-refractivity contribution is 0.216. The Morgan fingerprint density at radius 2 is 1.86 bits per heavy atom. The van der Waals surface area contributed by atoms with Crippen molar-refractivity contribution >= 4 is 38.4 Å². The van der Waals surface area contributed by atoms with Crippen molar-refractivity contribution in [3.63, 3.8) is 0 Å². The summed E-state index contributed by atoms with van der Waals surface area (Å²) >= 11 is 9.04. The maximum absolute atomic E-state index is 14.3. The quantitative estimate of drug-likeness (QED) is 0.656. The van der Waals surface area contributed by atoms with Crippen LogP contribution >= 0.6 is 27.5 Å². The summed E-state index contributed by atoms with van der Waals surface area (Å²) in [5.41, 5.74) is 1.32. The minimum Gasteiger partial charge on any atom is -0.383 e. The van der Waals surface area contributed by atoms with Crippen LogP contribution in [0.25, 0.3) is 10.9 Å². The van der Waals surface area contributed by atoms with Gasteiger partial charge in [0, 0.05) is 27.2 Å². The minimum absolute atomic E-state index is 0.0419. The molecule has 0 bridgehead atoms. The van der Waals surface area contributed by atoms with Gasteiger partial charge in [-0.15, -0.1) is 0 Å². The highest BCUT2D eigenvalue weighted by molar-refractivity contribution is 9.10. The monoisotopic (exact) mass is 365 g/mol. The van der Waals surface area contributed by atoms with Crippen molar-refractivity contribution in [2.24, 2.45) is 0 Å². The summed E-state index contributed by atoms with van der Waals surface area (Å²) in [5, 5.41) is 11.4. The fourth-order valence-corrected chi connectivity index (χ4v) is 2.75. The van der Waals surface area contributed by atoms with Crippen LogP contribution in [0, 0.1) is 5.82 Å². The molecule has 0 aliphatic carbocycles. The Labute approximate surface area is 134 Å². The van der Waals surface area contributed by atoms with Crippen LogP contribution in [-0.4, -0.2) is 10.1 Å². The average molecular weight is 367 g/mol. The van der Waals surface area contributed by atoms with Crippen molar-refractivity contribution in [3.05, 3.63) is 75.1 Å². The number of aromatic nitrogens is 1. The number of aliphatic hydroxyl groups is 1. The number of halogens is 3. The van der Waals surface area contributed by atoms with Crippen LogP contribution in [0.3, 0.4) is 0 Å². The Morgan fingerprint density at radius 3 is 2.67 bits per heavy atom. The first-order valence-corrected chi connectivity index (χ1v) is 7.42. The highest BCUT2D eigenvalue weighted by Crippen LogP contribution is 2.34. The van der Waals surface area contributed by atoms with Gasteiger partial charge in [-0.25, -0.2) is 4.39 Å². The second kappa shape index (κ2) is 5.72. The number of hydrogen-bond donors (Lipinski definition) is 1. The fraction of sp³-hybridized carbons (Fsp3) is 0.0625. The van der Waals surface area contributed by atoms with Crippen molar-refractivity contribution in [1.29, 1.82) is 0 Å². The number of fused-ring (bicyclic) bond motifs is 1. The van der Waals surface area contributed by atoms with Gasteiger partial charge in [-0.2, -0.15) is 0 Å². The summed E-state index contributed by atoms with van der Waals surface area (Å²) in [6.45, 7) is 0. The third kappa shape index (κ3) is 2.55. The zero-order chi connectivity index (χ0) is 15.0. The first-order chi connectivity index (χ1) is 10.1. The topological polar surface area (TPSA) is 33.1 Å². The Balaban J connectivity index is 2.17. The van der Waals surface area contributed by atoms with E-state index < -0.39 is 11.9 Å². The van der Waals surface area contributed by atoms with Crippen LogP contribution < -0.4 is 0 Å². The third-order valence-corrected chi connectivity index (χ3v) is 4.58. The molecule has 0 aliphatic heterocycles. The minimum atomic E-state index is -1.13. The van der Waals surface area contributed by atoms with Gasteiger partial charge in [0.2, 0.25) is 0 Å². The van der Waals surface area contributed by atoms with Crippen molar-refractivity contribution in [3.8, 4) is 0 Å². The Kier molecular flexibility index (Phi) is 3.93. The highest BCUT2D eigenvalue weighted by Gasteiger charge is 2.20. The lowest BCUT2D eigenvalue weighted by Crippen LogP contribution is -2.04. The maximum Gasteiger partial charge on any atom is 0.149 e. The normalized spacial score (nSPS) is 12.6. The molecule has 0 aliphatic rings. The van der Waals surface area contributed by atoms with E-state index >= 15 is 0 Å². The molecule has 21 heavy (non-hydrogen) atoms. The van der Waals surface area contributed by atoms with Crippen molar-refractivity contribution < 1.29 is 9.50 Å². The number of pyridine rings is 1. The van der Waals surface area contributed by atoms with E-state index in [4.69, 9.17) is 11.6 Å². The molecule has 0 spiro atoms. The molecule has 106 valence electrons. The van der Waals surface area contributed by atoms with Gasteiger partial charge in [0.05, 0.1) is 10.5 Å². The number of benzene rings is 2. The molecule has 1 N–H and O–H groups in total. The molecule has 3 aromatic rings. The Hall–Kier alpha value is -1.49. The zero-order valence-electron chi connectivity index (χ0n) is 10.7. The van der Waals surface area contributed by atoms with E-state index in [2.05, 4.69) is 20.9 Å². The lowest BCUT2D eigenvalue weighted by atomic mass is 9.98. The largest absolute Gasteiger partial charge is 0.383 e.